The molecule has 8 nitrogen and oxygen atoms in total. The van der Waals surface area contributed by atoms with Gasteiger partial charge in [0.25, 0.3) is 10.0 Å². The molecule has 0 aliphatic heterocycles. The van der Waals surface area contributed by atoms with Gasteiger partial charge in [0.2, 0.25) is 5.91 Å². The Bertz CT molecular complexity index is 1150. The highest BCUT2D eigenvalue weighted by Crippen LogP contribution is 2.20. The van der Waals surface area contributed by atoms with E-state index in [1.807, 2.05) is 22.2 Å². The minimum atomic E-state index is -3.71. The first-order valence-electron chi connectivity index (χ1n) is 7.73. The van der Waals surface area contributed by atoms with Gasteiger partial charge < -0.3 is 5.32 Å². The first kappa shape index (κ1) is 17.6. The summed E-state index contributed by atoms with van der Waals surface area (Å²) in [6, 6.07) is 5.94. The number of thiazole rings is 2. The standard InChI is InChI=1S/C16H13N5O3S3/c22-14(9-12-10-21-6-8-26-16(21)19-12)18-11-1-3-13(4-2-11)27(23,24)20-15-17-5-7-25-15/h1-8,10H,9H2,(H,17,20)(H,18,22). The number of hydrogen-bond acceptors (Lipinski definition) is 7. The molecule has 27 heavy (non-hydrogen) atoms. The summed E-state index contributed by atoms with van der Waals surface area (Å²) < 4.78 is 28.8. The fourth-order valence-electron chi connectivity index (χ4n) is 2.40. The van der Waals surface area contributed by atoms with Crippen LogP contribution in [0.2, 0.25) is 0 Å². The van der Waals surface area contributed by atoms with E-state index in [1.165, 1.54) is 41.0 Å². The fourth-order valence-corrected chi connectivity index (χ4v) is 4.90. The molecule has 0 fully saturated rings. The number of hydrogen-bond donors (Lipinski definition) is 2. The molecule has 0 unspecified atom stereocenters. The zero-order chi connectivity index (χ0) is 18.9. The van der Waals surface area contributed by atoms with Crippen LogP contribution in [-0.2, 0) is 21.2 Å². The molecule has 1 amide bonds. The van der Waals surface area contributed by atoms with Gasteiger partial charge in [0.05, 0.1) is 17.0 Å². The van der Waals surface area contributed by atoms with Gasteiger partial charge in [0.15, 0.2) is 10.1 Å². The number of nitrogens with zero attached hydrogens (tertiary/aromatic N) is 3. The Kier molecular flexibility index (Phi) is 4.64. The maximum absolute atomic E-state index is 12.3. The minimum Gasteiger partial charge on any atom is -0.326 e. The highest BCUT2D eigenvalue weighted by molar-refractivity contribution is 7.93. The second-order valence-electron chi connectivity index (χ2n) is 5.52. The van der Waals surface area contributed by atoms with Gasteiger partial charge >= 0.3 is 0 Å². The highest BCUT2D eigenvalue weighted by atomic mass is 32.2. The molecule has 3 heterocycles. The van der Waals surface area contributed by atoms with Crippen LogP contribution in [0.1, 0.15) is 5.69 Å². The van der Waals surface area contributed by atoms with E-state index in [9.17, 15) is 13.2 Å². The molecule has 4 rings (SSSR count). The summed E-state index contributed by atoms with van der Waals surface area (Å²) in [6.07, 6.45) is 5.35. The van der Waals surface area contributed by atoms with E-state index in [1.54, 1.807) is 17.5 Å². The molecule has 2 N–H and O–H groups in total. The lowest BCUT2D eigenvalue weighted by molar-refractivity contribution is -0.115. The number of imidazole rings is 1. The van der Waals surface area contributed by atoms with Crippen LogP contribution >= 0.6 is 22.7 Å². The van der Waals surface area contributed by atoms with Crippen molar-refractivity contribution < 1.29 is 13.2 Å². The summed E-state index contributed by atoms with van der Waals surface area (Å²) >= 11 is 2.69. The van der Waals surface area contributed by atoms with E-state index < -0.39 is 10.0 Å². The molecule has 0 aliphatic carbocycles. The zero-order valence-corrected chi connectivity index (χ0v) is 16.1. The third kappa shape index (κ3) is 3.99. The SMILES string of the molecule is O=C(Cc1cn2ccsc2n1)Nc1ccc(S(=O)(=O)Nc2nccs2)cc1. The summed E-state index contributed by atoms with van der Waals surface area (Å²) in [5, 5.41) is 6.64. The lowest BCUT2D eigenvalue weighted by Gasteiger charge is -2.07. The van der Waals surface area contributed by atoms with Crippen molar-refractivity contribution in [2.24, 2.45) is 0 Å². The maximum atomic E-state index is 12.3. The summed E-state index contributed by atoms with van der Waals surface area (Å²) in [5.74, 6) is -0.225. The average molecular weight is 420 g/mol. The van der Waals surface area contributed by atoms with E-state index in [2.05, 4.69) is 20.0 Å². The Balaban J connectivity index is 1.41. The Morgan fingerprint density at radius 2 is 1.96 bits per heavy atom. The molecule has 11 heteroatoms. The number of amides is 1. The lowest BCUT2D eigenvalue weighted by Crippen LogP contribution is -2.15. The second-order valence-corrected chi connectivity index (χ2v) is 8.97. The fraction of sp³-hybridized carbons (Fsp3) is 0.0625. The predicted molar refractivity (Wildman–Crippen MR) is 105 cm³/mol. The van der Waals surface area contributed by atoms with Gasteiger partial charge in [-0.3, -0.25) is 13.9 Å². The Morgan fingerprint density at radius 1 is 1.15 bits per heavy atom. The molecule has 1 aromatic carbocycles. The van der Waals surface area contributed by atoms with Crippen LogP contribution < -0.4 is 10.0 Å². The van der Waals surface area contributed by atoms with Crippen molar-refractivity contribution in [3.63, 3.8) is 0 Å². The number of rotatable bonds is 6. The van der Waals surface area contributed by atoms with Gasteiger partial charge in [-0.05, 0) is 24.3 Å². The van der Waals surface area contributed by atoms with Crippen molar-refractivity contribution in [1.29, 1.82) is 0 Å². The number of nitrogens with one attached hydrogen (secondary N) is 2. The molecule has 0 radical (unpaired) electrons. The van der Waals surface area contributed by atoms with Crippen molar-refractivity contribution in [2.45, 2.75) is 11.3 Å². The second kappa shape index (κ2) is 7.10. The van der Waals surface area contributed by atoms with E-state index in [0.29, 0.717) is 16.5 Å². The van der Waals surface area contributed by atoms with E-state index in [-0.39, 0.29) is 17.2 Å². The van der Waals surface area contributed by atoms with Crippen molar-refractivity contribution in [2.75, 3.05) is 10.0 Å². The molecule has 0 aliphatic rings. The number of anilines is 2. The normalized spacial score (nSPS) is 11.6. The van der Waals surface area contributed by atoms with Crippen molar-refractivity contribution in [3.05, 3.63) is 59.3 Å². The summed E-state index contributed by atoms with van der Waals surface area (Å²) in [5.41, 5.74) is 1.18. The van der Waals surface area contributed by atoms with Crippen LogP contribution in [-0.4, -0.2) is 28.7 Å². The van der Waals surface area contributed by atoms with E-state index in [4.69, 9.17) is 0 Å². The average Bonchev–Trinajstić information content (AvgIpc) is 3.33. The number of carbonyl (C=O) groups excluding carboxylic acids is 1. The van der Waals surface area contributed by atoms with Gasteiger partial charge in [-0.25, -0.2) is 18.4 Å². The molecule has 0 saturated carbocycles. The predicted octanol–water partition coefficient (Wildman–Crippen LogP) is 2.83. The molecule has 138 valence electrons. The Labute approximate surface area is 162 Å². The van der Waals surface area contributed by atoms with E-state index >= 15 is 0 Å². The van der Waals surface area contributed by atoms with Gasteiger partial charge in [-0.15, -0.1) is 22.7 Å². The Hall–Kier alpha value is -2.76. The number of benzene rings is 1. The van der Waals surface area contributed by atoms with Crippen LogP contribution in [0.3, 0.4) is 0 Å². The molecular formula is C16H13N5O3S3. The topological polar surface area (TPSA) is 105 Å². The molecule has 0 atom stereocenters. The van der Waals surface area contributed by atoms with Gasteiger partial charge in [-0.2, -0.15) is 0 Å². The molecule has 0 bridgehead atoms. The van der Waals surface area contributed by atoms with Crippen molar-refractivity contribution in [1.82, 2.24) is 14.4 Å². The lowest BCUT2D eigenvalue weighted by atomic mass is 10.3. The number of sulfonamides is 1. The van der Waals surface area contributed by atoms with Crippen molar-refractivity contribution >= 4 is 54.4 Å². The molecule has 0 spiro atoms. The van der Waals surface area contributed by atoms with Crippen molar-refractivity contribution in [3.8, 4) is 0 Å². The molecule has 4 aromatic rings. The van der Waals surface area contributed by atoms with Crippen LogP contribution in [0.25, 0.3) is 4.96 Å². The first-order valence-corrected chi connectivity index (χ1v) is 11.0. The largest absolute Gasteiger partial charge is 0.326 e. The molecule has 3 aromatic heterocycles. The van der Waals surface area contributed by atoms with Crippen LogP contribution in [0.5, 0.6) is 0 Å². The molecular weight excluding hydrogens is 406 g/mol. The number of carbonyl (C=O) groups is 1. The van der Waals surface area contributed by atoms with Crippen LogP contribution in [0.15, 0.2) is 58.5 Å². The Morgan fingerprint density at radius 3 is 2.67 bits per heavy atom. The third-order valence-corrected chi connectivity index (χ3v) is 6.53. The monoisotopic (exact) mass is 419 g/mol. The zero-order valence-electron chi connectivity index (χ0n) is 13.7. The summed E-state index contributed by atoms with van der Waals surface area (Å²) in [7, 11) is -3.71. The number of aromatic nitrogens is 3. The van der Waals surface area contributed by atoms with Crippen LogP contribution in [0.4, 0.5) is 10.8 Å². The number of fused-ring (bicyclic) bond motifs is 1. The summed E-state index contributed by atoms with van der Waals surface area (Å²) in [6.45, 7) is 0. The minimum absolute atomic E-state index is 0.0880. The maximum Gasteiger partial charge on any atom is 0.263 e. The van der Waals surface area contributed by atoms with Gasteiger partial charge in [0, 0.05) is 35.0 Å². The first-order chi connectivity index (χ1) is 13.0. The third-order valence-electron chi connectivity index (χ3n) is 3.59. The van der Waals surface area contributed by atoms with Gasteiger partial charge in [0.1, 0.15) is 0 Å². The highest BCUT2D eigenvalue weighted by Gasteiger charge is 2.16. The van der Waals surface area contributed by atoms with Crippen LogP contribution in [0, 0.1) is 0 Å². The van der Waals surface area contributed by atoms with Gasteiger partial charge in [-0.1, -0.05) is 0 Å². The van der Waals surface area contributed by atoms with E-state index in [0.717, 1.165) is 4.96 Å². The molecule has 0 saturated heterocycles. The summed E-state index contributed by atoms with van der Waals surface area (Å²) in [4.78, 5) is 21.4. The smallest absolute Gasteiger partial charge is 0.263 e. The quantitative estimate of drug-likeness (QED) is 0.500.